The van der Waals surface area contributed by atoms with Crippen molar-refractivity contribution < 1.29 is 19.7 Å². The van der Waals surface area contributed by atoms with E-state index in [2.05, 4.69) is 21.6 Å². The quantitative estimate of drug-likeness (QED) is 0.288. The van der Waals surface area contributed by atoms with Crippen LogP contribution >= 0.6 is 0 Å². The minimum absolute atomic E-state index is 0.0993. The van der Waals surface area contributed by atoms with Gasteiger partial charge >= 0.3 is 11.8 Å². The summed E-state index contributed by atoms with van der Waals surface area (Å²) in [6.45, 7) is 1.05. The number of benzene rings is 3. The summed E-state index contributed by atoms with van der Waals surface area (Å²) in [4.78, 5) is 24.5. The molecular weight excluding hydrogens is 436 g/mol. The van der Waals surface area contributed by atoms with E-state index in [1.54, 1.807) is 36.4 Å². The third kappa shape index (κ3) is 7.42. The second kappa shape index (κ2) is 12.3. The Labute approximate surface area is 196 Å². The first kappa shape index (κ1) is 23.9. The van der Waals surface area contributed by atoms with Crippen LogP contribution in [0.1, 0.15) is 6.42 Å². The molecule has 0 aliphatic rings. The molecule has 0 radical (unpaired) electrons. The van der Waals surface area contributed by atoms with Gasteiger partial charge in [0.1, 0.15) is 6.61 Å². The number of carbonyl (C=O) groups is 1. The molecule has 0 aliphatic carbocycles. The number of amides is 1. The van der Waals surface area contributed by atoms with Crippen molar-refractivity contribution >= 4 is 34.5 Å². The van der Waals surface area contributed by atoms with Crippen LogP contribution in [0.25, 0.3) is 0 Å². The number of rotatable bonds is 10. The average Bonchev–Trinajstić information content (AvgIpc) is 2.86. The summed E-state index contributed by atoms with van der Waals surface area (Å²) in [5.41, 5.74) is 2.73. The van der Waals surface area contributed by atoms with Crippen LogP contribution in [0.15, 0.2) is 89.1 Å². The Kier molecular flexibility index (Phi) is 8.64. The summed E-state index contributed by atoms with van der Waals surface area (Å²) in [5.74, 6) is 0. The van der Waals surface area contributed by atoms with Gasteiger partial charge in [-0.2, -0.15) is 15.5 Å². The maximum Gasteiger partial charge on any atom is 0.411 e. The van der Waals surface area contributed by atoms with E-state index >= 15 is 0 Å². The number of carbonyl (C=O) groups excluding carboxylic acids is 1. The highest BCUT2D eigenvalue weighted by atomic mass is 16.6. The maximum atomic E-state index is 12.0. The smallest absolute Gasteiger partial charge is 0.411 e. The van der Waals surface area contributed by atoms with Gasteiger partial charge in [0.05, 0.1) is 35.3 Å². The monoisotopic (exact) mass is 459 g/mol. The number of nitrogens with zero attached hydrogens (tertiary/aromatic N) is 5. The molecule has 10 nitrogen and oxygen atoms in total. The highest BCUT2D eigenvalue weighted by Crippen LogP contribution is 2.23. The molecule has 0 saturated heterocycles. The van der Waals surface area contributed by atoms with Crippen molar-refractivity contribution in [2.45, 2.75) is 6.42 Å². The molecule has 0 spiro atoms. The summed E-state index contributed by atoms with van der Waals surface area (Å²) < 4.78 is 5.27. The lowest BCUT2D eigenvalue weighted by atomic mass is 10.2. The van der Waals surface area contributed by atoms with Crippen molar-refractivity contribution in [1.29, 1.82) is 5.26 Å². The van der Waals surface area contributed by atoms with E-state index in [1.807, 2.05) is 35.2 Å². The molecule has 0 atom stereocenters. The summed E-state index contributed by atoms with van der Waals surface area (Å²) in [5, 5.41) is 28.8. The minimum Gasteiger partial charge on any atom is -0.447 e. The number of nitrogens with one attached hydrogen (secondary N) is 1. The van der Waals surface area contributed by atoms with Crippen molar-refractivity contribution in [1.82, 2.24) is 0 Å². The Morgan fingerprint density at radius 3 is 2.18 bits per heavy atom. The first-order valence-electron chi connectivity index (χ1n) is 10.4. The third-order valence-electron chi connectivity index (χ3n) is 4.67. The van der Waals surface area contributed by atoms with Crippen LogP contribution in [0.4, 0.5) is 33.2 Å². The fraction of sp³-hybridized carbons (Fsp3) is 0.167. The fourth-order valence-corrected chi connectivity index (χ4v) is 2.97. The zero-order valence-electron chi connectivity index (χ0n) is 18.2. The molecule has 3 aromatic carbocycles. The van der Waals surface area contributed by atoms with Gasteiger partial charge in [-0.3, -0.25) is 5.32 Å². The first-order valence-corrected chi connectivity index (χ1v) is 10.4. The van der Waals surface area contributed by atoms with Crippen LogP contribution in [0.5, 0.6) is 0 Å². The SMILES string of the molecule is N#CCCN(CCOC(=O)Nc1ccccc1)c1ccc(/N=N/c2ccc([N+](=O)O)cc2)cc1. The van der Waals surface area contributed by atoms with Crippen LogP contribution in [-0.2, 0) is 4.74 Å². The molecule has 0 fully saturated rings. The van der Waals surface area contributed by atoms with Gasteiger partial charge in [0.15, 0.2) is 0 Å². The summed E-state index contributed by atoms with van der Waals surface area (Å²) >= 11 is 0. The minimum atomic E-state index is -0.544. The Bertz CT molecular complexity index is 1160. The molecule has 0 aliphatic heterocycles. The van der Waals surface area contributed by atoms with Gasteiger partial charge in [0.2, 0.25) is 0 Å². The highest BCUT2D eigenvalue weighted by Gasteiger charge is 2.10. The van der Waals surface area contributed by atoms with E-state index in [-0.39, 0.29) is 17.2 Å². The molecule has 10 heteroatoms. The largest absolute Gasteiger partial charge is 0.447 e. The lowest BCUT2D eigenvalue weighted by Gasteiger charge is -2.23. The molecule has 34 heavy (non-hydrogen) atoms. The van der Waals surface area contributed by atoms with E-state index in [1.165, 1.54) is 12.1 Å². The normalized spacial score (nSPS) is 10.4. The van der Waals surface area contributed by atoms with Crippen LogP contribution < -0.4 is 10.2 Å². The van der Waals surface area contributed by atoms with Crippen LogP contribution in [0, 0.1) is 16.2 Å². The van der Waals surface area contributed by atoms with Crippen molar-refractivity contribution in [2.75, 3.05) is 29.9 Å². The van der Waals surface area contributed by atoms with E-state index in [9.17, 15) is 9.70 Å². The van der Waals surface area contributed by atoms with Gasteiger partial charge < -0.3 is 9.64 Å². The zero-order valence-corrected chi connectivity index (χ0v) is 18.2. The topological polar surface area (TPSA) is 130 Å². The van der Waals surface area contributed by atoms with Crippen molar-refractivity contribution in [2.24, 2.45) is 10.2 Å². The van der Waals surface area contributed by atoms with E-state index in [4.69, 9.17) is 15.2 Å². The molecule has 0 saturated carbocycles. The number of para-hydroxylation sites is 1. The van der Waals surface area contributed by atoms with Crippen LogP contribution in [-0.4, -0.2) is 35.9 Å². The lowest BCUT2D eigenvalue weighted by molar-refractivity contribution is -0.729. The van der Waals surface area contributed by atoms with Gasteiger partial charge in [0.25, 0.3) is 4.92 Å². The Hall–Kier alpha value is -4.78. The number of anilines is 2. The highest BCUT2D eigenvalue weighted by molar-refractivity contribution is 5.84. The molecule has 0 bridgehead atoms. The third-order valence-corrected chi connectivity index (χ3v) is 4.67. The van der Waals surface area contributed by atoms with E-state index < -0.39 is 6.09 Å². The molecule has 0 aromatic heterocycles. The first-order chi connectivity index (χ1) is 16.5. The maximum absolute atomic E-state index is 12.0. The van der Waals surface area contributed by atoms with Crippen molar-refractivity contribution in [3.05, 3.63) is 83.8 Å². The lowest BCUT2D eigenvalue weighted by Crippen LogP contribution is -2.29. The molecule has 0 unspecified atom stereocenters. The van der Waals surface area contributed by atoms with Crippen LogP contribution in [0.2, 0.25) is 0 Å². The zero-order chi connectivity index (χ0) is 24.2. The summed E-state index contributed by atoms with van der Waals surface area (Å²) in [6.07, 6.45) is -0.223. The number of azo groups is 1. The van der Waals surface area contributed by atoms with Crippen molar-refractivity contribution in [3.63, 3.8) is 0 Å². The number of hydrogen-bond donors (Lipinski definition) is 2. The van der Waals surface area contributed by atoms with Gasteiger partial charge in [-0.25, -0.2) is 10.0 Å². The predicted molar refractivity (Wildman–Crippen MR) is 126 cm³/mol. The number of nitriles is 1. The second-order valence-electron chi connectivity index (χ2n) is 7.03. The average molecular weight is 459 g/mol. The number of hydrogen-bond acceptors (Lipinski definition) is 7. The van der Waals surface area contributed by atoms with E-state index in [0.717, 1.165) is 5.69 Å². The second-order valence-corrected chi connectivity index (χ2v) is 7.03. The van der Waals surface area contributed by atoms with E-state index in [0.29, 0.717) is 36.6 Å². The molecule has 3 aromatic rings. The van der Waals surface area contributed by atoms with Gasteiger partial charge in [-0.05, 0) is 48.5 Å². The molecule has 172 valence electrons. The molecule has 2 N–H and O–H groups in total. The number of ether oxygens (including phenoxy) is 1. The Morgan fingerprint density at radius 2 is 1.59 bits per heavy atom. The van der Waals surface area contributed by atoms with Crippen LogP contribution in [0.3, 0.4) is 0 Å². The Balaban J connectivity index is 1.56. The Morgan fingerprint density at radius 1 is 0.971 bits per heavy atom. The molecule has 0 heterocycles. The fourth-order valence-electron chi connectivity index (χ4n) is 2.97. The van der Waals surface area contributed by atoms with Crippen molar-refractivity contribution in [3.8, 4) is 6.07 Å². The summed E-state index contributed by atoms with van der Waals surface area (Å²) in [6, 6.07) is 24.4. The standard InChI is InChI=1S/C24H22N6O4/c25-15-4-16-29(17-18-34-24(31)26-19-5-2-1-3-6-19)22-11-7-20(8-12-22)27-28-21-9-13-23(14-10-21)30(32)33/h1-3,5-14H,4,16-18H2,(H-,26,31,32,33)/p+1/b28-27+. The van der Waals surface area contributed by atoms with Gasteiger partial charge in [-0.1, -0.05) is 18.2 Å². The van der Waals surface area contributed by atoms with Gasteiger partial charge in [-0.15, -0.1) is 0 Å². The molecular formula is C24H23N6O4+. The summed E-state index contributed by atoms with van der Waals surface area (Å²) in [7, 11) is 0. The predicted octanol–water partition coefficient (Wildman–Crippen LogP) is 5.87. The molecule has 3 rings (SSSR count). The van der Waals surface area contributed by atoms with Gasteiger partial charge in [0, 0.05) is 30.1 Å². The molecule has 1 amide bonds.